The molecule has 0 fully saturated rings. The molecule has 0 spiro atoms. The van der Waals surface area contributed by atoms with Gasteiger partial charge in [0.1, 0.15) is 10.6 Å². The van der Waals surface area contributed by atoms with Crippen molar-refractivity contribution in [2.45, 2.75) is 31.6 Å². The quantitative estimate of drug-likeness (QED) is 0.850. The third-order valence-corrected chi connectivity index (χ3v) is 4.48. The maximum absolute atomic E-state index is 12.2. The SMILES string of the molecule is CC(=O)Nc1ccc(S(=O)(=O)Oc2ccc(C(C)C)cc2)cc1. The van der Waals surface area contributed by atoms with E-state index in [2.05, 4.69) is 19.2 Å². The first-order valence-electron chi connectivity index (χ1n) is 7.20. The van der Waals surface area contributed by atoms with Crippen LogP contribution in [0.2, 0.25) is 0 Å². The second kappa shape index (κ2) is 6.83. The van der Waals surface area contributed by atoms with Gasteiger partial charge in [0.15, 0.2) is 0 Å². The number of hydrogen-bond donors (Lipinski definition) is 1. The number of benzene rings is 2. The van der Waals surface area contributed by atoms with Crippen molar-refractivity contribution in [2.24, 2.45) is 0 Å². The lowest BCUT2D eigenvalue weighted by molar-refractivity contribution is -0.114. The number of amides is 1. The Bertz CT molecular complexity index is 778. The summed E-state index contributed by atoms with van der Waals surface area (Å²) >= 11 is 0. The Morgan fingerprint density at radius 2 is 1.57 bits per heavy atom. The van der Waals surface area contributed by atoms with E-state index in [0.29, 0.717) is 11.6 Å². The molecule has 0 atom stereocenters. The van der Waals surface area contributed by atoms with E-state index in [0.717, 1.165) is 5.56 Å². The average Bonchev–Trinajstić information content (AvgIpc) is 2.47. The van der Waals surface area contributed by atoms with Crippen LogP contribution in [-0.2, 0) is 14.9 Å². The van der Waals surface area contributed by atoms with Crippen molar-refractivity contribution in [2.75, 3.05) is 5.32 Å². The van der Waals surface area contributed by atoms with Crippen LogP contribution in [0.5, 0.6) is 5.75 Å². The fourth-order valence-electron chi connectivity index (χ4n) is 1.99. The summed E-state index contributed by atoms with van der Waals surface area (Å²) in [6, 6.07) is 12.8. The van der Waals surface area contributed by atoms with Gasteiger partial charge < -0.3 is 9.50 Å². The Hall–Kier alpha value is -2.34. The van der Waals surface area contributed by atoms with Crippen molar-refractivity contribution in [3.05, 3.63) is 54.1 Å². The predicted molar refractivity (Wildman–Crippen MR) is 89.1 cm³/mol. The number of carbonyl (C=O) groups excluding carboxylic acids is 1. The first-order valence-corrected chi connectivity index (χ1v) is 8.61. The Labute approximate surface area is 136 Å². The molecule has 2 aromatic carbocycles. The van der Waals surface area contributed by atoms with E-state index < -0.39 is 10.1 Å². The molecular formula is C17H19NO4S. The highest BCUT2D eigenvalue weighted by molar-refractivity contribution is 7.87. The summed E-state index contributed by atoms with van der Waals surface area (Å²) in [7, 11) is -3.90. The van der Waals surface area contributed by atoms with Crippen molar-refractivity contribution in [1.82, 2.24) is 0 Å². The second-order valence-electron chi connectivity index (χ2n) is 5.47. The lowest BCUT2D eigenvalue weighted by atomic mass is 10.0. The molecule has 122 valence electrons. The largest absolute Gasteiger partial charge is 0.379 e. The van der Waals surface area contributed by atoms with Crippen LogP contribution >= 0.6 is 0 Å². The molecular weight excluding hydrogens is 314 g/mol. The van der Waals surface area contributed by atoms with Gasteiger partial charge in [0, 0.05) is 12.6 Å². The summed E-state index contributed by atoms with van der Waals surface area (Å²) in [5, 5.41) is 2.58. The standard InChI is InChI=1S/C17H19NO4S/c1-12(2)14-4-8-16(9-5-14)22-23(20,21)17-10-6-15(7-11-17)18-13(3)19/h4-12H,1-3H3,(H,18,19). The van der Waals surface area contributed by atoms with Crippen molar-refractivity contribution in [1.29, 1.82) is 0 Å². The van der Waals surface area contributed by atoms with Gasteiger partial charge in [-0.1, -0.05) is 26.0 Å². The first kappa shape index (κ1) is 17.0. The second-order valence-corrected chi connectivity index (χ2v) is 7.01. The predicted octanol–water partition coefficient (Wildman–Crippen LogP) is 3.54. The Morgan fingerprint density at radius 1 is 1.00 bits per heavy atom. The van der Waals surface area contributed by atoms with E-state index in [-0.39, 0.29) is 16.6 Å². The summed E-state index contributed by atoms with van der Waals surface area (Å²) < 4.78 is 29.6. The normalized spacial score (nSPS) is 11.3. The molecule has 1 N–H and O–H groups in total. The molecule has 0 unspecified atom stereocenters. The summed E-state index contributed by atoms with van der Waals surface area (Å²) in [5.74, 6) is 0.407. The smallest absolute Gasteiger partial charge is 0.339 e. The van der Waals surface area contributed by atoms with E-state index in [9.17, 15) is 13.2 Å². The van der Waals surface area contributed by atoms with Gasteiger partial charge in [0.05, 0.1) is 0 Å². The maximum Gasteiger partial charge on any atom is 0.339 e. The third-order valence-electron chi connectivity index (χ3n) is 3.22. The highest BCUT2D eigenvalue weighted by Gasteiger charge is 2.16. The molecule has 2 rings (SSSR count). The zero-order chi connectivity index (χ0) is 17.0. The molecule has 0 saturated carbocycles. The lowest BCUT2D eigenvalue weighted by Crippen LogP contribution is -2.10. The van der Waals surface area contributed by atoms with Crippen LogP contribution in [0.3, 0.4) is 0 Å². The van der Waals surface area contributed by atoms with Gasteiger partial charge in [-0.3, -0.25) is 4.79 Å². The number of carbonyl (C=O) groups is 1. The fraction of sp³-hybridized carbons (Fsp3) is 0.235. The van der Waals surface area contributed by atoms with Crippen LogP contribution in [0.15, 0.2) is 53.4 Å². The molecule has 0 aliphatic rings. The maximum atomic E-state index is 12.2. The minimum atomic E-state index is -3.90. The average molecular weight is 333 g/mol. The minimum absolute atomic E-state index is 0.0274. The number of anilines is 1. The highest BCUT2D eigenvalue weighted by atomic mass is 32.2. The molecule has 23 heavy (non-hydrogen) atoms. The molecule has 2 aromatic rings. The Morgan fingerprint density at radius 3 is 2.04 bits per heavy atom. The van der Waals surface area contributed by atoms with Gasteiger partial charge in [-0.05, 0) is 47.9 Å². The van der Waals surface area contributed by atoms with Crippen molar-refractivity contribution >= 4 is 21.7 Å². The molecule has 0 radical (unpaired) electrons. The highest BCUT2D eigenvalue weighted by Crippen LogP contribution is 2.23. The van der Waals surface area contributed by atoms with E-state index in [4.69, 9.17) is 4.18 Å². The molecule has 0 aromatic heterocycles. The topological polar surface area (TPSA) is 72.5 Å². The van der Waals surface area contributed by atoms with Gasteiger partial charge in [0.25, 0.3) is 0 Å². The molecule has 1 amide bonds. The summed E-state index contributed by atoms with van der Waals surface area (Å²) in [4.78, 5) is 11.0. The van der Waals surface area contributed by atoms with E-state index in [1.54, 1.807) is 12.1 Å². The van der Waals surface area contributed by atoms with Crippen LogP contribution in [0.4, 0.5) is 5.69 Å². The van der Waals surface area contributed by atoms with E-state index in [1.165, 1.54) is 31.2 Å². The third kappa shape index (κ3) is 4.56. The van der Waals surface area contributed by atoms with Crippen molar-refractivity contribution in [3.63, 3.8) is 0 Å². The fourth-order valence-corrected chi connectivity index (χ4v) is 2.92. The van der Waals surface area contributed by atoms with Gasteiger partial charge in [-0.15, -0.1) is 0 Å². The summed E-state index contributed by atoms with van der Waals surface area (Å²) in [6.45, 7) is 5.50. The molecule has 5 nitrogen and oxygen atoms in total. The van der Waals surface area contributed by atoms with E-state index >= 15 is 0 Å². The molecule has 0 aliphatic carbocycles. The Kier molecular flexibility index (Phi) is 5.05. The molecule has 6 heteroatoms. The van der Waals surface area contributed by atoms with Crippen molar-refractivity contribution in [3.8, 4) is 5.75 Å². The van der Waals surface area contributed by atoms with Gasteiger partial charge in [-0.25, -0.2) is 0 Å². The molecule has 0 aliphatic heterocycles. The van der Waals surface area contributed by atoms with Gasteiger partial charge in [-0.2, -0.15) is 8.42 Å². The van der Waals surface area contributed by atoms with Gasteiger partial charge >= 0.3 is 10.1 Å². The van der Waals surface area contributed by atoms with Crippen LogP contribution in [-0.4, -0.2) is 14.3 Å². The number of rotatable bonds is 5. The van der Waals surface area contributed by atoms with Crippen LogP contribution in [0.25, 0.3) is 0 Å². The van der Waals surface area contributed by atoms with Crippen LogP contribution in [0.1, 0.15) is 32.3 Å². The Balaban J connectivity index is 2.16. The van der Waals surface area contributed by atoms with Crippen molar-refractivity contribution < 1.29 is 17.4 Å². The van der Waals surface area contributed by atoms with Crippen LogP contribution in [0, 0.1) is 0 Å². The number of hydrogen-bond acceptors (Lipinski definition) is 4. The molecule has 0 bridgehead atoms. The molecule has 0 heterocycles. The van der Waals surface area contributed by atoms with Crippen LogP contribution < -0.4 is 9.50 Å². The zero-order valence-electron chi connectivity index (χ0n) is 13.2. The minimum Gasteiger partial charge on any atom is -0.379 e. The molecule has 0 saturated heterocycles. The summed E-state index contributed by atoms with van der Waals surface area (Å²) in [5.41, 5.74) is 1.63. The first-order chi connectivity index (χ1) is 10.8. The van der Waals surface area contributed by atoms with E-state index in [1.807, 2.05) is 12.1 Å². The van der Waals surface area contributed by atoms with Gasteiger partial charge in [0.2, 0.25) is 5.91 Å². The number of nitrogens with one attached hydrogen (secondary N) is 1. The monoisotopic (exact) mass is 333 g/mol. The lowest BCUT2D eigenvalue weighted by Gasteiger charge is -2.10. The zero-order valence-corrected chi connectivity index (χ0v) is 14.1. The summed E-state index contributed by atoms with van der Waals surface area (Å²) in [6.07, 6.45) is 0.